The molecule has 3 atom stereocenters. The molecule has 11 nitrogen and oxygen atoms in total. The van der Waals surface area contributed by atoms with Crippen molar-refractivity contribution in [3.63, 3.8) is 0 Å². The molecule has 3 heterocycles. The van der Waals surface area contributed by atoms with E-state index in [9.17, 15) is 14.3 Å². The number of ether oxygens (including phenoxy) is 5. The molecule has 1 saturated heterocycles. The number of aliphatic hydroxyl groups is 1. The minimum Gasteiger partial charge on any atom is -0.512 e. The molecule has 0 aromatic heterocycles. The molecule has 3 unspecified atom stereocenters. The van der Waals surface area contributed by atoms with Gasteiger partial charge in [-0.05, 0) is 101 Å². The molecule has 4 N–H and O–H groups in total. The van der Waals surface area contributed by atoms with Crippen LogP contribution < -0.4 is 30.2 Å². The van der Waals surface area contributed by atoms with E-state index in [4.69, 9.17) is 29.4 Å². The van der Waals surface area contributed by atoms with Crippen molar-refractivity contribution in [2.45, 2.75) is 78.1 Å². The van der Waals surface area contributed by atoms with Crippen LogP contribution in [0.1, 0.15) is 65.4 Å². The van der Waals surface area contributed by atoms with Crippen molar-refractivity contribution in [2.75, 3.05) is 56.7 Å². The predicted molar refractivity (Wildman–Crippen MR) is 203 cm³/mol. The number of nitrogens with one attached hydrogen (secondary N) is 1. The van der Waals surface area contributed by atoms with Gasteiger partial charge < -0.3 is 49.6 Å². The number of halogens is 2. The van der Waals surface area contributed by atoms with Gasteiger partial charge in [-0.25, -0.2) is 8.78 Å². The first-order valence-electron chi connectivity index (χ1n) is 18.8. The van der Waals surface area contributed by atoms with Gasteiger partial charge in [-0.1, -0.05) is 13.8 Å². The lowest BCUT2D eigenvalue weighted by Crippen LogP contribution is -2.41. The average molecular weight is 751 g/mol. The lowest BCUT2D eigenvalue weighted by atomic mass is 9.83. The second kappa shape index (κ2) is 17.0. The van der Waals surface area contributed by atoms with Crippen LogP contribution in [-0.2, 0) is 14.3 Å². The average Bonchev–Trinajstić information content (AvgIpc) is 3.15. The highest BCUT2D eigenvalue weighted by Gasteiger charge is 2.34. The largest absolute Gasteiger partial charge is 0.512 e. The predicted octanol–water partition coefficient (Wildman–Crippen LogP) is 7.16. The normalized spacial score (nSPS) is 22.8. The highest BCUT2D eigenvalue weighted by molar-refractivity contribution is 5.98. The quantitative estimate of drug-likeness (QED) is 0.110. The molecule has 2 aromatic rings. The molecule has 0 radical (unpaired) electrons. The molecule has 4 aliphatic rings. The summed E-state index contributed by atoms with van der Waals surface area (Å²) in [7, 11) is 0. The lowest BCUT2D eigenvalue weighted by Gasteiger charge is -2.36. The molecule has 1 fully saturated rings. The van der Waals surface area contributed by atoms with Crippen molar-refractivity contribution in [1.82, 2.24) is 10.2 Å². The third-order valence-electron chi connectivity index (χ3n) is 10.4. The van der Waals surface area contributed by atoms with E-state index in [1.54, 1.807) is 30.5 Å². The number of aliphatic hydroxyl groups excluding tert-OH is 1. The van der Waals surface area contributed by atoms with Crippen molar-refractivity contribution >= 4 is 23.0 Å². The molecule has 1 amide bonds. The first kappa shape index (κ1) is 38.8. The van der Waals surface area contributed by atoms with Gasteiger partial charge in [0.25, 0.3) is 5.91 Å². The minimum absolute atomic E-state index is 0.0717. The van der Waals surface area contributed by atoms with Gasteiger partial charge >= 0.3 is 0 Å². The Kier molecular flexibility index (Phi) is 12.3. The third kappa shape index (κ3) is 8.89. The number of likely N-dealkylation sites (tertiary alicyclic amines) is 1. The number of nitrogens with two attached hydrogens (primary N) is 1. The number of nitrogen functional groups attached to an aromatic ring is 1. The molecule has 0 bridgehead atoms. The zero-order valence-electron chi connectivity index (χ0n) is 31.5. The number of carbonyl (C=O) groups is 1. The number of fused-ring (bicyclic) bond motifs is 1. The summed E-state index contributed by atoms with van der Waals surface area (Å²) in [6, 6.07) is 7.12. The lowest BCUT2D eigenvalue weighted by molar-refractivity contribution is -0.117. The van der Waals surface area contributed by atoms with Gasteiger partial charge in [-0.2, -0.15) is 0 Å². The molecule has 13 heteroatoms. The van der Waals surface area contributed by atoms with Crippen LogP contribution in [0.15, 0.2) is 72.0 Å². The number of anilines is 2. The van der Waals surface area contributed by atoms with Crippen LogP contribution in [-0.4, -0.2) is 80.3 Å². The Bertz CT molecular complexity index is 1780. The second-order valence-electron chi connectivity index (χ2n) is 14.8. The van der Waals surface area contributed by atoms with Gasteiger partial charge in [0.05, 0.1) is 36.1 Å². The fourth-order valence-corrected chi connectivity index (χ4v) is 7.23. The minimum atomic E-state index is -1.63. The van der Waals surface area contributed by atoms with Crippen LogP contribution in [0.4, 0.5) is 20.2 Å². The number of amides is 1. The van der Waals surface area contributed by atoms with E-state index in [0.717, 1.165) is 32.3 Å². The molecule has 0 spiro atoms. The van der Waals surface area contributed by atoms with Crippen LogP contribution >= 0.6 is 0 Å². The van der Waals surface area contributed by atoms with Gasteiger partial charge in [-0.15, -0.1) is 0 Å². The molecule has 2 aromatic carbocycles. The Morgan fingerprint density at radius 3 is 2.54 bits per heavy atom. The van der Waals surface area contributed by atoms with Gasteiger partial charge in [0.1, 0.15) is 37.2 Å². The first-order valence-corrected chi connectivity index (χ1v) is 18.8. The van der Waals surface area contributed by atoms with Crippen molar-refractivity contribution < 1.29 is 42.4 Å². The maximum absolute atomic E-state index is 15.8. The van der Waals surface area contributed by atoms with Crippen molar-refractivity contribution in [3.05, 3.63) is 83.4 Å². The maximum atomic E-state index is 15.8. The van der Waals surface area contributed by atoms with Gasteiger partial charge in [0.2, 0.25) is 5.75 Å². The zero-order chi connectivity index (χ0) is 38.4. The summed E-state index contributed by atoms with van der Waals surface area (Å²) in [6.45, 7) is 12.7. The molecule has 54 heavy (non-hydrogen) atoms. The maximum Gasteiger partial charge on any atom is 0.257 e. The third-order valence-corrected chi connectivity index (χ3v) is 10.4. The number of allylic oxidation sites excluding steroid dienone is 2. The summed E-state index contributed by atoms with van der Waals surface area (Å²) in [5.74, 6) is 0.563. The van der Waals surface area contributed by atoms with E-state index < -0.39 is 24.2 Å². The Balaban J connectivity index is 1.10. The van der Waals surface area contributed by atoms with E-state index in [1.165, 1.54) is 31.1 Å². The first-order chi connectivity index (χ1) is 26.0. The summed E-state index contributed by atoms with van der Waals surface area (Å²) < 4.78 is 59.3. The van der Waals surface area contributed by atoms with E-state index in [1.807, 2.05) is 18.7 Å². The summed E-state index contributed by atoms with van der Waals surface area (Å²) in [5.41, 5.74) is 8.79. The molecule has 6 rings (SSSR count). The second-order valence-corrected chi connectivity index (χ2v) is 14.8. The van der Waals surface area contributed by atoms with Crippen molar-refractivity contribution in [3.8, 4) is 17.2 Å². The smallest absolute Gasteiger partial charge is 0.257 e. The number of nitrogens with zero attached hydrogens (tertiary/aromatic N) is 2. The Morgan fingerprint density at radius 2 is 1.85 bits per heavy atom. The summed E-state index contributed by atoms with van der Waals surface area (Å²) in [5, 5.41) is 13.2. The topological polar surface area (TPSA) is 128 Å². The molecule has 0 saturated carbocycles. The molecular formula is C41H52F2N4O7. The Hall–Kier alpha value is -4.91. The number of alkyl halides is 1. The number of carbonyl (C=O) groups excluding carboxylic acids is 1. The van der Waals surface area contributed by atoms with Crippen molar-refractivity contribution in [2.24, 2.45) is 5.41 Å². The zero-order valence-corrected chi connectivity index (χ0v) is 31.5. The van der Waals surface area contributed by atoms with Crippen molar-refractivity contribution in [1.29, 1.82) is 0 Å². The molecule has 1 aliphatic carbocycles. The fourth-order valence-electron chi connectivity index (χ4n) is 7.23. The number of rotatable bonds is 13. The fraction of sp³-hybridized carbons (Fsp3) is 0.488. The number of piperidine rings is 1. The monoisotopic (exact) mass is 750 g/mol. The summed E-state index contributed by atoms with van der Waals surface area (Å²) >= 11 is 0. The molecule has 3 aliphatic heterocycles. The SMILES string of the molecule is CCOC1=C(C(=O)NC2=CC(F)C(O/C(=C/O)c3c(N)cc(OCCCN4CCC(C)(C)CC4)c4c3OCCO4)CC2)C(C)N(c2ccc(F)cc2)C=C1. The van der Waals surface area contributed by atoms with Crippen LogP contribution in [0, 0.1) is 11.2 Å². The van der Waals surface area contributed by atoms with Gasteiger partial charge in [-0.3, -0.25) is 4.79 Å². The van der Waals surface area contributed by atoms with E-state index in [0.29, 0.717) is 59.5 Å². The number of hydrogen-bond donors (Lipinski definition) is 3. The number of hydrogen-bond acceptors (Lipinski definition) is 10. The molecular weight excluding hydrogens is 698 g/mol. The summed E-state index contributed by atoms with van der Waals surface area (Å²) in [4.78, 5) is 18.0. The van der Waals surface area contributed by atoms with Gasteiger partial charge in [0.15, 0.2) is 23.4 Å². The van der Waals surface area contributed by atoms with Crippen LogP contribution in [0.3, 0.4) is 0 Å². The van der Waals surface area contributed by atoms with Crippen LogP contribution in [0.25, 0.3) is 5.76 Å². The Labute approximate surface area is 316 Å². The number of benzene rings is 2. The van der Waals surface area contributed by atoms with Crippen LogP contribution in [0.5, 0.6) is 17.2 Å². The standard InChI is InChI=1S/C41H52F2N4O7/c1-5-50-33-13-17-47(29-10-7-27(42)8-11-29)26(2)36(33)40(49)45-28-9-12-32(30(43)23-28)54-35(25-48)37-31(44)24-34(38-39(37)53-22-21-52-38)51-20-6-16-46-18-14-41(3,4)15-19-46/h7-8,10-11,13,17,23-26,30,32,48H,5-6,9,12,14-16,18-22,44H2,1-4H3,(H,45,49)/b35-25+. The highest BCUT2D eigenvalue weighted by Crippen LogP contribution is 2.48. The summed E-state index contributed by atoms with van der Waals surface area (Å²) in [6.07, 6.45) is 6.55. The Morgan fingerprint density at radius 1 is 1.13 bits per heavy atom. The van der Waals surface area contributed by atoms with Gasteiger partial charge in [0, 0.05) is 30.2 Å². The highest BCUT2D eigenvalue weighted by atomic mass is 19.1. The molecule has 292 valence electrons. The van der Waals surface area contributed by atoms with Crippen LogP contribution in [0.2, 0.25) is 0 Å². The van der Waals surface area contributed by atoms with E-state index in [2.05, 4.69) is 24.1 Å². The van der Waals surface area contributed by atoms with E-state index in [-0.39, 0.29) is 48.0 Å². The van der Waals surface area contributed by atoms with E-state index >= 15 is 4.39 Å².